The molecule has 0 heterocycles. The molecule has 0 bridgehead atoms. The first-order valence-electron chi connectivity index (χ1n) is 12.2. The van der Waals surface area contributed by atoms with Crippen LogP contribution in [0.4, 0.5) is 0 Å². The maximum absolute atomic E-state index is 13.5. The predicted octanol–water partition coefficient (Wildman–Crippen LogP) is 8.52. The molecule has 0 unspecified atom stereocenters. The molecule has 0 atom stereocenters. The molecule has 2 aliphatic rings. The summed E-state index contributed by atoms with van der Waals surface area (Å²) in [5, 5.41) is 10.1. The van der Waals surface area contributed by atoms with Crippen molar-refractivity contribution in [1.29, 1.82) is 0 Å². The minimum Gasteiger partial charge on any atom is -0.289 e. The lowest BCUT2D eigenvalue weighted by Crippen LogP contribution is -2.10. The molecule has 7 aromatic carbocycles. The Hall–Kier alpha value is -4.49. The first-order chi connectivity index (χ1) is 17.3. The Kier molecular flexibility index (Phi) is 3.04. The number of benzene rings is 7. The third kappa shape index (κ3) is 2.01. The molecule has 2 aliphatic carbocycles. The van der Waals surface area contributed by atoms with Crippen LogP contribution in [0.25, 0.3) is 65.3 Å². The highest BCUT2D eigenvalue weighted by Gasteiger charge is 2.28. The molecule has 0 radical (unpaired) electrons. The summed E-state index contributed by atoms with van der Waals surface area (Å²) >= 11 is 0. The number of ketones is 1. The molecule has 1 nitrogen and oxygen atoms in total. The molecule has 0 aromatic heterocycles. The molecule has 0 amide bonds. The van der Waals surface area contributed by atoms with Gasteiger partial charge in [-0.05, 0) is 83.6 Å². The third-order valence-electron chi connectivity index (χ3n) is 8.38. The van der Waals surface area contributed by atoms with Gasteiger partial charge in [0.25, 0.3) is 0 Å². The molecule has 0 spiro atoms. The first-order valence-corrected chi connectivity index (χ1v) is 12.2. The summed E-state index contributed by atoms with van der Waals surface area (Å²) < 4.78 is 0. The van der Waals surface area contributed by atoms with Gasteiger partial charge < -0.3 is 0 Å². The summed E-state index contributed by atoms with van der Waals surface area (Å²) in [6, 6.07) is 34.8. The van der Waals surface area contributed by atoms with Crippen molar-refractivity contribution in [3.8, 4) is 22.3 Å². The Morgan fingerprint density at radius 1 is 0.371 bits per heavy atom. The fourth-order valence-electron chi connectivity index (χ4n) is 6.95. The molecular weight excluding hydrogens is 424 g/mol. The van der Waals surface area contributed by atoms with Crippen molar-refractivity contribution < 1.29 is 4.79 Å². The molecule has 35 heavy (non-hydrogen) atoms. The van der Waals surface area contributed by atoms with E-state index in [2.05, 4.69) is 78.9 Å². The van der Waals surface area contributed by atoms with Gasteiger partial charge in [0, 0.05) is 16.5 Å². The summed E-state index contributed by atoms with van der Waals surface area (Å²) in [4.78, 5) is 13.5. The van der Waals surface area contributed by atoms with Gasteiger partial charge >= 0.3 is 0 Å². The van der Waals surface area contributed by atoms with E-state index in [9.17, 15) is 4.79 Å². The molecule has 0 saturated heterocycles. The molecule has 160 valence electrons. The van der Waals surface area contributed by atoms with Crippen LogP contribution >= 0.6 is 0 Å². The van der Waals surface area contributed by atoms with E-state index in [1.165, 1.54) is 65.5 Å². The highest BCUT2D eigenvalue weighted by Crippen LogP contribution is 2.50. The van der Waals surface area contributed by atoms with Crippen molar-refractivity contribution >= 4 is 48.9 Å². The van der Waals surface area contributed by atoms with E-state index in [-0.39, 0.29) is 5.78 Å². The number of rotatable bonds is 0. The van der Waals surface area contributed by atoms with Gasteiger partial charge in [0.05, 0.1) is 0 Å². The van der Waals surface area contributed by atoms with Gasteiger partial charge in [0.2, 0.25) is 0 Å². The van der Waals surface area contributed by atoms with Gasteiger partial charge in [-0.25, -0.2) is 0 Å². The standard InChI is InChI=1S/C34H18O/c35-34-28-8-4-3-7-21(28)23-12-14-26-25-13-11-22-20-6-2-1-5-18(20)17-19-9-10-24(31(25)30(19)22)27-15-16-29(34)33(23)32(26)27/h1-16H,17H2. The summed E-state index contributed by atoms with van der Waals surface area (Å²) in [6.45, 7) is 0. The van der Waals surface area contributed by atoms with Crippen molar-refractivity contribution in [2.75, 3.05) is 0 Å². The van der Waals surface area contributed by atoms with Crippen LogP contribution in [0.15, 0.2) is 97.1 Å². The van der Waals surface area contributed by atoms with Crippen LogP contribution in [0.1, 0.15) is 27.0 Å². The smallest absolute Gasteiger partial charge is 0.194 e. The largest absolute Gasteiger partial charge is 0.289 e. The minimum absolute atomic E-state index is 0.129. The van der Waals surface area contributed by atoms with Crippen LogP contribution in [0.3, 0.4) is 0 Å². The number of carbonyl (C=O) groups is 1. The van der Waals surface area contributed by atoms with E-state index in [1.807, 2.05) is 18.2 Å². The second-order valence-corrected chi connectivity index (χ2v) is 9.96. The van der Waals surface area contributed by atoms with E-state index < -0.39 is 0 Å². The van der Waals surface area contributed by atoms with Crippen molar-refractivity contribution in [2.24, 2.45) is 0 Å². The van der Waals surface area contributed by atoms with Crippen molar-refractivity contribution in [1.82, 2.24) is 0 Å². The average molecular weight is 443 g/mol. The molecule has 1 heteroatoms. The molecule has 0 aliphatic heterocycles. The second kappa shape index (κ2) is 5.95. The monoisotopic (exact) mass is 442 g/mol. The predicted molar refractivity (Wildman–Crippen MR) is 145 cm³/mol. The van der Waals surface area contributed by atoms with Gasteiger partial charge in [-0.2, -0.15) is 0 Å². The lowest BCUT2D eigenvalue weighted by molar-refractivity contribution is 0.104. The lowest BCUT2D eigenvalue weighted by Gasteiger charge is -2.26. The molecule has 0 N–H and O–H groups in total. The van der Waals surface area contributed by atoms with Crippen LogP contribution in [-0.2, 0) is 6.42 Å². The highest BCUT2D eigenvalue weighted by molar-refractivity contribution is 6.39. The zero-order chi connectivity index (χ0) is 22.8. The Balaban J connectivity index is 1.52. The Bertz CT molecular complexity index is 2070. The zero-order valence-corrected chi connectivity index (χ0v) is 18.9. The Labute approximate surface area is 201 Å². The Morgan fingerprint density at radius 3 is 1.66 bits per heavy atom. The van der Waals surface area contributed by atoms with Crippen LogP contribution in [0.5, 0.6) is 0 Å². The normalized spacial score (nSPS) is 13.7. The maximum Gasteiger partial charge on any atom is 0.194 e. The summed E-state index contributed by atoms with van der Waals surface area (Å²) in [6.07, 6.45) is 0.967. The van der Waals surface area contributed by atoms with Crippen LogP contribution in [-0.4, -0.2) is 5.78 Å². The lowest BCUT2D eigenvalue weighted by atomic mass is 9.77. The number of hydrogen-bond acceptors (Lipinski definition) is 1. The number of fused-ring (bicyclic) bond motifs is 6. The zero-order valence-electron chi connectivity index (χ0n) is 18.9. The summed E-state index contributed by atoms with van der Waals surface area (Å²) in [7, 11) is 0. The molecular formula is C34H18O. The van der Waals surface area contributed by atoms with Crippen molar-refractivity contribution in [2.45, 2.75) is 6.42 Å². The van der Waals surface area contributed by atoms with Gasteiger partial charge in [0.1, 0.15) is 0 Å². The number of carbonyl (C=O) groups excluding carboxylic acids is 1. The Morgan fingerprint density at radius 2 is 0.914 bits per heavy atom. The first kappa shape index (κ1) is 17.9. The highest BCUT2D eigenvalue weighted by atomic mass is 16.1. The molecule has 7 aromatic rings. The van der Waals surface area contributed by atoms with E-state index in [0.717, 1.165) is 28.5 Å². The second-order valence-electron chi connectivity index (χ2n) is 9.96. The number of hydrogen-bond donors (Lipinski definition) is 0. The minimum atomic E-state index is 0.129. The molecule has 0 saturated carbocycles. The van der Waals surface area contributed by atoms with Gasteiger partial charge in [-0.15, -0.1) is 0 Å². The van der Waals surface area contributed by atoms with Gasteiger partial charge in [0.15, 0.2) is 5.78 Å². The molecule has 9 rings (SSSR count). The van der Waals surface area contributed by atoms with Crippen LogP contribution in [0.2, 0.25) is 0 Å². The van der Waals surface area contributed by atoms with Gasteiger partial charge in [-0.1, -0.05) is 91.0 Å². The summed E-state index contributed by atoms with van der Waals surface area (Å²) in [5.74, 6) is 0.129. The van der Waals surface area contributed by atoms with Gasteiger partial charge in [-0.3, -0.25) is 4.79 Å². The van der Waals surface area contributed by atoms with E-state index in [0.29, 0.717) is 0 Å². The maximum atomic E-state index is 13.5. The fourth-order valence-corrected chi connectivity index (χ4v) is 6.95. The van der Waals surface area contributed by atoms with E-state index in [4.69, 9.17) is 0 Å². The van der Waals surface area contributed by atoms with E-state index in [1.54, 1.807) is 0 Å². The third-order valence-corrected chi connectivity index (χ3v) is 8.38. The topological polar surface area (TPSA) is 17.1 Å². The quantitative estimate of drug-likeness (QED) is 0.170. The van der Waals surface area contributed by atoms with E-state index >= 15 is 0 Å². The van der Waals surface area contributed by atoms with Crippen LogP contribution < -0.4 is 0 Å². The average Bonchev–Trinajstić information content (AvgIpc) is 2.92. The van der Waals surface area contributed by atoms with Crippen LogP contribution in [0, 0.1) is 0 Å². The summed E-state index contributed by atoms with van der Waals surface area (Å²) in [5.41, 5.74) is 9.31. The van der Waals surface area contributed by atoms with Crippen molar-refractivity contribution in [3.05, 3.63) is 119 Å². The molecule has 0 fully saturated rings. The SMILES string of the molecule is O=C1c2ccccc2-c2ccc3c4ccc5c6c(ccc(c7ccc1c2c73)c64)Cc1ccccc1-5. The fraction of sp³-hybridized carbons (Fsp3) is 0.0294. The van der Waals surface area contributed by atoms with Crippen molar-refractivity contribution in [3.63, 3.8) is 0 Å².